The minimum Gasteiger partial charge on any atom is -0.361 e. The molecule has 0 spiro atoms. The van der Waals surface area contributed by atoms with Crippen molar-refractivity contribution in [1.29, 1.82) is 5.26 Å². The monoisotopic (exact) mass is 685 g/mol. The Morgan fingerprint density at radius 2 is 1.80 bits per heavy atom. The summed E-state index contributed by atoms with van der Waals surface area (Å²) < 4.78 is 20.9. The molecule has 3 fully saturated rings. The second-order valence-electron chi connectivity index (χ2n) is 15.0. The third-order valence-electron chi connectivity index (χ3n) is 11.5. The maximum Gasteiger partial charge on any atom is 0.255 e. The molecule has 4 aliphatic rings. The SMILES string of the molecule is Cc1ccc(-c2c(C)noc2C)cc1N(CC1CC(Cc2cc3c(cc2F)CN(C2CCC(=O)NC2=O)C3=O)C1)c1ccc(C2(C#N)CC2)cc1. The van der Waals surface area contributed by atoms with E-state index in [1.807, 2.05) is 13.8 Å². The maximum absolute atomic E-state index is 15.4. The fourth-order valence-corrected chi connectivity index (χ4v) is 8.39. The first kappa shape index (κ1) is 32.9. The smallest absolute Gasteiger partial charge is 0.255 e. The van der Waals surface area contributed by atoms with E-state index in [9.17, 15) is 19.6 Å². The minimum absolute atomic E-state index is 0.161. The number of benzene rings is 3. The number of carbonyl (C=O) groups is 3. The van der Waals surface area contributed by atoms with Gasteiger partial charge in [0.1, 0.15) is 17.6 Å². The highest BCUT2D eigenvalue weighted by molar-refractivity contribution is 6.05. The summed E-state index contributed by atoms with van der Waals surface area (Å²) in [5, 5.41) is 16.3. The molecule has 4 aromatic rings. The standard InChI is InChI=1S/C41H40FN5O4/c1-23-4-5-28(38-24(2)45-51-25(38)3)19-36(23)46(32-8-6-31(7-9-32)41(22-43)12-13-41)20-27-14-26(15-27)16-29-17-33-30(18-34(29)42)21-47(40(33)50)35-10-11-37(48)44-39(35)49/h4-9,17-19,26-27,35H,10-16,20-21H2,1-3H3,(H,44,48,49). The number of nitriles is 1. The second-order valence-corrected chi connectivity index (χ2v) is 15.0. The Bertz CT molecular complexity index is 2100. The number of aromatic nitrogens is 1. The molecule has 2 aliphatic heterocycles. The summed E-state index contributed by atoms with van der Waals surface area (Å²) >= 11 is 0. The summed E-state index contributed by atoms with van der Waals surface area (Å²) in [6.07, 6.45) is 4.61. The maximum atomic E-state index is 15.4. The van der Waals surface area contributed by atoms with Crippen molar-refractivity contribution in [3.8, 4) is 17.2 Å². The fraction of sp³-hybridized carbons (Fsp3) is 0.390. The molecule has 1 atom stereocenters. The van der Waals surface area contributed by atoms with E-state index in [1.54, 1.807) is 6.07 Å². The van der Waals surface area contributed by atoms with Gasteiger partial charge in [0.2, 0.25) is 11.8 Å². The van der Waals surface area contributed by atoms with E-state index in [0.717, 1.165) is 77.3 Å². The first-order valence-corrected chi connectivity index (χ1v) is 17.8. The summed E-state index contributed by atoms with van der Waals surface area (Å²) in [6, 6.07) is 19.8. The Balaban J connectivity index is 1.00. The van der Waals surface area contributed by atoms with E-state index in [-0.39, 0.29) is 48.4 Å². The normalized spacial score (nSPS) is 21.9. The number of piperidine rings is 1. The largest absolute Gasteiger partial charge is 0.361 e. The lowest BCUT2D eigenvalue weighted by molar-refractivity contribution is -0.136. The summed E-state index contributed by atoms with van der Waals surface area (Å²) in [5.74, 6) is -0.00717. The lowest BCUT2D eigenvalue weighted by atomic mass is 9.71. The molecule has 3 aromatic carbocycles. The van der Waals surface area contributed by atoms with Crippen LogP contribution in [0.4, 0.5) is 15.8 Å². The van der Waals surface area contributed by atoms with E-state index in [2.05, 4.69) is 70.8 Å². The molecule has 8 rings (SSSR count). The third kappa shape index (κ3) is 5.88. The number of halogens is 1. The number of rotatable bonds is 9. The van der Waals surface area contributed by atoms with Crippen LogP contribution in [0.25, 0.3) is 11.1 Å². The molecule has 2 saturated carbocycles. The highest BCUT2D eigenvalue weighted by atomic mass is 19.1. The molecule has 3 heterocycles. The van der Waals surface area contributed by atoms with Crippen LogP contribution in [0.3, 0.4) is 0 Å². The number of imide groups is 1. The third-order valence-corrected chi connectivity index (χ3v) is 11.5. The quantitative estimate of drug-likeness (QED) is 0.186. The van der Waals surface area contributed by atoms with Crippen LogP contribution < -0.4 is 10.2 Å². The number of carbonyl (C=O) groups excluding carboxylic acids is 3. The van der Waals surface area contributed by atoms with Crippen molar-refractivity contribution >= 4 is 29.1 Å². The van der Waals surface area contributed by atoms with Gasteiger partial charge in [-0.25, -0.2) is 4.39 Å². The van der Waals surface area contributed by atoms with Crippen molar-refractivity contribution in [2.45, 2.75) is 83.7 Å². The second kappa shape index (κ2) is 12.5. The first-order valence-electron chi connectivity index (χ1n) is 17.8. The molecule has 260 valence electrons. The van der Waals surface area contributed by atoms with Gasteiger partial charge in [0.05, 0.1) is 17.2 Å². The lowest BCUT2D eigenvalue weighted by Gasteiger charge is -2.40. The summed E-state index contributed by atoms with van der Waals surface area (Å²) in [6.45, 7) is 6.93. The van der Waals surface area contributed by atoms with E-state index in [4.69, 9.17) is 4.52 Å². The number of fused-ring (bicyclic) bond motifs is 1. The van der Waals surface area contributed by atoms with Crippen LogP contribution in [0.15, 0.2) is 59.1 Å². The highest BCUT2D eigenvalue weighted by Crippen LogP contribution is 2.48. The van der Waals surface area contributed by atoms with Gasteiger partial charge in [0.15, 0.2) is 0 Å². The van der Waals surface area contributed by atoms with Crippen molar-refractivity contribution in [3.63, 3.8) is 0 Å². The van der Waals surface area contributed by atoms with Gasteiger partial charge in [-0.15, -0.1) is 0 Å². The zero-order valence-electron chi connectivity index (χ0n) is 29.1. The number of amides is 3. The van der Waals surface area contributed by atoms with Crippen molar-refractivity contribution < 1.29 is 23.3 Å². The van der Waals surface area contributed by atoms with E-state index in [1.165, 1.54) is 11.0 Å². The average molecular weight is 686 g/mol. The summed E-state index contributed by atoms with van der Waals surface area (Å²) in [5.41, 5.74) is 8.42. The minimum atomic E-state index is -0.726. The number of nitrogens with zero attached hydrogens (tertiary/aromatic N) is 4. The number of aryl methyl sites for hydroxylation is 3. The van der Waals surface area contributed by atoms with Gasteiger partial charge in [-0.3, -0.25) is 19.7 Å². The Morgan fingerprint density at radius 1 is 1.04 bits per heavy atom. The molecule has 2 aliphatic carbocycles. The van der Waals surface area contributed by atoms with Gasteiger partial charge in [-0.2, -0.15) is 5.26 Å². The van der Waals surface area contributed by atoms with Crippen LogP contribution in [0, 0.1) is 49.8 Å². The molecule has 51 heavy (non-hydrogen) atoms. The summed E-state index contributed by atoms with van der Waals surface area (Å²) in [7, 11) is 0. The molecule has 0 radical (unpaired) electrons. The molecule has 1 N–H and O–H groups in total. The number of nitrogens with one attached hydrogen (secondary N) is 1. The predicted octanol–water partition coefficient (Wildman–Crippen LogP) is 7.13. The van der Waals surface area contributed by atoms with E-state index >= 15 is 4.39 Å². The van der Waals surface area contributed by atoms with E-state index in [0.29, 0.717) is 29.0 Å². The zero-order valence-corrected chi connectivity index (χ0v) is 29.1. The van der Waals surface area contributed by atoms with Crippen LogP contribution in [0.1, 0.15) is 82.6 Å². The molecule has 3 amide bonds. The van der Waals surface area contributed by atoms with Gasteiger partial charge in [0, 0.05) is 42.0 Å². The van der Waals surface area contributed by atoms with Gasteiger partial charge >= 0.3 is 0 Å². The number of hydrogen-bond donors (Lipinski definition) is 1. The number of hydrogen-bond acceptors (Lipinski definition) is 7. The van der Waals surface area contributed by atoms with Gasteiger partial charge in [-0.1, -0.05) is 29.4 Å². The number of anilines is 2. The Morgan fingerprint density at radius 3 is 2.47 bits per heavy atom. The Labute approximate surface area is 296 Å². The average Bonchev–Trinajstić information content (AvgIpc) is 3.75. The molecule has 1 aromatic heterocycles. The van der Waals surface area contributed by atoms with Crippen LogP contribution in [-0.4, -0.2) is 40.4 Å². The van der Waals surface area contributed by atoms with Crippen LogP contribution in [-0.2, 0) is 28.0 Å². The zero-order chi connectivity index (χ0) is 35.6. The van der Waals surface area contributed by atoms with Gasteiger partial charge in [-0.05, 0) is 129 Å². The fourth-order valence-electron chi connectivity index (χ4n) is 8.39. The molecule has 9 nitrogen and oxygen atoms in total. The van der Waals surface area contributed by atoms with Crippen LogP contribution >= 0.6 is 0 Å². The Hall–Kier alpha value is -5.30. The van der Waals surface area contributed by atoms with Crippen molar-refractivity contribution in [2.75, 3.05) is 11.4 Å². The predicted molar refractivity (Wildman–Crippen MR) is 188 cm³/mol. The molecular weight excluding hydrogens is 645 g/mol. The van der Waals surface area contributed by atoms with Crippen LogP contribution in [0.5, 0.6) is 0 Å². The molecule has 1 saturated heterocycles. The molecule has 0 bridgehead atoms. The van der Waals surface area contributed by atoms with Gasteiger partial charge in [0.25, 0.3) is 5.91 Å². The van der Waals surface area contributed by atoms with Crippen molar-refractivity contribution in [1.82, 2.24) is 15.4 Å². The molecule has 1 unspecified atom stereocenters. The Kier molecular flexibility index (Phi) is 8.05. The lowest BCUT2D eigenvalue weighted by Crippen LogP contribution is -2.52. The van der Waals surface area contributed by atoms with Gasteiger partial charge < -0.3 is 14.3 Å². The topological polar surface area (TPSA) is 120 Å². The van der Waals surface area contributed by atoms with Crippen LogP contribution in [0.2, 0.25) is 0 Å². The van der Waals surface area contributed by atoms with E-state index < -0.39 is 11.9 Å². The molecular formula is C41H40FN5O4. The first-order chi connectivity index (χ1) is 24.5. The van der Waals surface area contributed by atoms with Crippen molar-refractivity contribution in [3.05, 3.63) is 99.7 Å². The highest BCUT2D eigenvalue weighted by Gasteiger charge is 2.45. The summed E-state index contributed by atoms with van der Waals surface area (Å²) in [4.78, 5) is 41.3. The van der Waals surface area contributed by atoms with Crippen molar-refractivity contribution in [2.24, 2.45) is 11.8 Å². The molecule has 10 heteroatoms.